The molecule has 0 unspecified atom stereocenters. The number of hydrogen-bond acceptors (Lipinski definition) is 5. The molecule has 2 N–H and O–H groups in total. The van der Waals surface area contributed by atoms with E-state index in [1.165, 1.54) is 4.88 Å². The third-order valence-electron chi connectivity index (χ3n) is 4.43. The largest absolute Gasteiger partial charge is 0.366 e. The first-order chi connectivity index (χ1) is 10.1. The number of piperidine rings is 1. The maximum Gasteiger partial charge on any atom is 0.249 e. The Hall–Kier alpha value is -0.950. The molecule has 2 fully saturated rings. The number of thiophene rings is 1. The fraction of sp³-hybridized carbons (Fsp3) is 0.667. The molecule has 2 aliphatic rings. The number of carbonyl (C=O) groups excluding carboxylic acids is 1. The van der Waals surface area contributed by atoms with Crippen LogP contribution in [0.1, 0.15) is 35.0 Å². The summed E-state index contributed by atoms with van der Waals surface area (Å²) in [5.41, 5.74) is 5.91. The topological polar surface area (TPSA) is 64.8 Å². The number of nitrogens with zero attached hydrogens (tertiary/aromatic N) is 1. The summed E-state index contributed by atoms with van der Waals surface area (Å²) in [6.07, 6.45) is 2.30. The summed E-state index contributed by atoms with van der Waals surface area (Å²) >= 11 is 1.60. The zero-order valence-corrected chi connectivity index (χ0v) is 13.2. The second-order valence-electron chi connectivity index (χ2n) is 5.95. The first-order valence-electron chi connectivity index (χ1n) is 7.44. The molecule has 6 heteroatoms. The highest BCUT2D eigenvalue weighted by molar-refractivity contribution is 7.10. The fourth-order valence-corrected chi connectivity index (χ4v) is 4.12. The van der Waals surface area contributed by atoms with Gasteiger partial charge >= 0.3 is 0 Å². The van der Waals surface area contributed by atoms with Crippen LogP contribution in [0.5, 0.6) is 0 Å². The molecule has 0 aliphatic carbocycles. The Kier molecular flexibility index (Phi) is 4.31. The average molecular weight is 310 g/mol. The highest BCUT2D eigenvalue weighted by Crippen LogP contribution is 2.34. The van der Waals surface area contributed by atoms with Crippen LogP contribution in [-0.2, 0) is 16.0 Å². The maximum absolute atomic E-state index is 11.2. The van der Waals surface area contributed by atoms with Crippen LogP contribution >= 0.6 is 11.3 Å². The smallest absolute Gasteiger partial charge is 0.249 e. The van der Waals surface area contributed by atoms with Crippen LogP contribution in [-0.4, -0.2) is 42.9 Å². The van der Waals surface area contributed by atoms with Gasteiger partial charge in [-0.3, -0.25) is 9.69 Å². The van der Waals surface area contributed by atoms with Gasteiger partial charge in [0.05, 0.1) is 18.8 Å². The van der Waals surface area contributed by atoms with Crippen molar-refractivity contribution in [3.63, 3.8) is 0 Å². The van der Waals surface area contributed by atoms with Crippen LogP contribution in [0.4, 0.5) is 0 Å². The average Bonchev–Trinajstić information content (AvgIpc) is 3.09. The van der Waals surface area contributed by atoms with Crippen molar-refractivity contribution < 1.29 is 14.3 Å². The van der Waals surface area contributed by atoms with E-state index in [4.69, 9.17) is 15.2 Å². The van der Waals surface area contributed by atoms with Crippen molar-refractivity contribution in [2.24, 2.45) is 11.7 Å². The van der Waals surface area contributed by atoms with Gasteiger partial charge in [0.2, 0.25) is 5.91 Å². The monoisotopic (exact) mass is 310 g/mol. The number of primary amides is 1. The molecule has 3 heterocycles. The number of carbonyl (C=O) groups is 1. The van der Waals surface area contributed by atoms with Gasteiger partial charge in [-0.1, -0.05) is 0 Å². The van der Waals surface area contributed by atoms with Crippen molar-refractivity contribution in [3.05, 3.63) is 21.9 Å². The molecule has 1 atom stereocenters. The van der Waals surface area contributed by atoms with Crippen molar-refractivity contribution in [3.8, 4) is 0 Å². The van der Waals surface area contributed by atoms with E-state index in [9.17, 15) is 4.79 Å². The molecule has 2 aliphatic heterocycles. The molecule has 1 aromatic heterocycles. The number of nitrogens with two attached hydrogens (primary N) is 1. The molecule has 5 nitrogen and oxygen atoms in total. The molecule has 21 heavy (non-hydrogen) atoms. The minimum Gasteiger partial charge on any atom is -0.366 e. The number of amides is 1. The molecule has 1 amide bonds. The van der Waals surface area contributed by atoms with Gasteiger partial charge in [0, 0.05) is 29.3 Å². The Balaban J connectivity index is 1.61. The molecule has 1 aromatic rings. The molecule has 0 radical (unpaired) electrons. The fourth-order valence-electron chi connectivity index (χ4n) is 3.21. The van der Waals surface area contributed by atoms with Crippen molar-refractivity contribution in [2.75, 3.05) is 26.3 Å². The zero-order chi connectivity index (χ0) is 14.9. The number of rotatable bonds is 4. The Morgan fingerprint density at radius 2 is 2.29 bits per heavy atom. The summed E-state index contributed by atoms with van der Waals surface area (Å²) in [6.45, 7) is 6.37. The predicted octanol–water partition coefficient (Wildman–Crippen LogP) is 1.82. The molecule has 0 spiro atoms. The van der Waals surface area contributed by atoms with Crippen LogP contribution in [0.2, 0.25) is 0 Å². The Morgan fingerprint density at radius 1 is 1.52 bits per heavy atom. The number of hydrogen-bond donors (Lipinski definition) is 1. The van der Waals surface area contributed by atoms with Gasteiger partial charge in [0.25, 0.3) is 0 Å². The lowest BCUT2D eigenvalue weighted by atomic mass is 9.90. The van der Waals surface area contributed by atoms with E-state index < -0.39 is 5.79 Å². The van der Waals surface area contributed by atoms with Crippen LogP contribution in [0, 0.1) is 5.92 Å². The van der Waals surface area contributed by atoms with Gasteiger partial charge < -0.3 is 15.2 Å². The third kappa shape index (κ3) is 3.29. The first-order valence-corrected chi connectivity index (χ1v) is 8.32. The highest BCUT2D eigenvalue weighted by atomic mass is 32.1. The SMILES string of the molecule is CC1([C@@H]2CCCN(Cc3cc(C(N)=O)cs3)C2)OCCO1. The molecular formula is C15H22N2O3S. The molecule has 0 bridgehead atoms. The van der Waals surface area contributed by atoms with E-state index in [1.807, 2.05) is 11.4 Å². The Morgan fingerprint density at radius 3 is 2.95 bits per heavy atom. The first kappa shape index (κ1) is 15.0. The normalized spacial score (nSPS) is 26.0. The van der Waals surface area contributed by atoms with E-state index in [2.05, 4.69) is 11.8 Å². The molecule has 3 rings (SSSR count). The lowest BCUT2D eigenvalue weighted by molar-refractivity contribution is -0.192. The van der Waals surface area contributed by atoms with Gasteiger partial charge in [-0.05, 0) is 32.4 Å². The van der Waals surface area contributed by atoms with Gasteiger partial charge in [-0.15, -0.1) is 11.3 Å². The molecule has 0 saturated carbocycles. The number of ether oxygens (including phenoxy) is 2. The molecule has 116 valence electrons. The molecule has 0 aromatic carbocycles. The summed E-state index contributed by atoms with van der Waals surface area (Å²) in [7, 11) is 0. The standard InChI is InChI=1S/C15H22N2O3S/c1-15(19-5-6-20-15)12-3-2-4-17(8-12)9-13-7-11(10-21-13)14(16)18/h7,10,12H,2-6,8-9H2,1H3,(H2,16,18)/t12-/m1/s1. The summed E-state index contributed by atoms with van der Waals surface area (Å²) < 4.78 is 11.6. The Bertz CT molecular complexity index is 511. The third-order valence-corrected chi connectivity index (χ3v) is 5.35. The molecule has 2 saturated heterocycles. The van der Waals surface area contributed by atoms with Gasteiger partial charge in [-0.2, -0.15) is 0 Å². The quantitative estimate of drug-likeness (QED) is 0.921. The second-order valence-corrected chi connectivity index (χ2v) is 6.95. The van der Waals surface area contributed by atoms with Gasteiger partial charge in [-0.25, -0.2) is 0 Å². The summed E-state index contributed by atoms with van der Waals surface area (Å²) in [5.74, 6) is -0.370. The van der Waals surface area contributed by atoms with E-state index in [1.54, 1.807) is 11.3 Å². The summed E-state index contributed by atoms with van der Waals surface area (Å²) in [6, 6.07) is 1.90. The zero-order valence-electron chi connectivity index (χ0n) is 12.3. The van der Waals surface area contributed by atoms with Gasteiger partial charge in [0.15, 0.2) is 5.79 Å². The minimum atomic E-state index is -0.424. The minimum absolute atomic E-state index is 0.353. The number of likely N-dealkylation sites (tertiary alicyclic amines) is 1. The van der Waals surface area contributed by atoms with Crippen molar-refractivity contribution in [2.45, 2.75) is 32.1 Å². The van der Waals surface area contributed by atoms with Crippen LogP contribution in [0.3, 0.4) is 0 Å². The lowest BCUT2D eigenvalue weighted by Crippen LogP contribution is -2.46. The van der Waals surface area contributed by atoms with E-state index in [-0.39, 0.29) is 5.91 Å². The summed E-state index contributed by atoms with van der Waals surface area (Å²) in [4.78, 5) is 14.8. The van der Waals surface area contributed by atoms with Crippen LogP contribution < -0.4 is 5.73 Å². The predicted molar refractivity (Wildman–Crippen MR) is 81.1 cm³/mol. The van der Waals surface area contributed by atoms with Gasteiger partial charge in [0.1, 0.15) is 0 Å². The van der Waals surface area contributed by atoms with Crippen LogP contribution in [0.15, 0.2) is 11.4 Å². The van der Waals surface area contributed by atoms with E-state index in [0.29, 0.717) is 24.7 Å². The maximum atomic E-state index is 11.2. The van der Waals surface area contributed by atoms with E-state index in [0.717, 1.165) is 32.5 Å². The summed E-state index contributed by atoms with van der Waals surface area (Å²) in [5, 5.41) is 1.84. The van der Waals surface area contributed by atoms with Crippen molar-refractivity contribution in [1.29, 1.82) is 0 Å². The second kappa shape index (κ2) is 6.04. The Labute approximate surface area is 129 Å². The van der Waals surface area contributed by atoms with Crippen molar-refractivity contribution >= 4 is 17.2 Å². The highest BCUT2D eigenvalue weighted by Gasteiger charge is 2.41. The van der Waals surface area contributed by atoms with Crippen molar-refractivity contribution in [1.82, 2.24) is 4.90 Å². The van der Waals surface area contributed by atoms with E-state index >= 15 is 0 Å². The van der Waals surface area contributed by atoms with Crippen LogP contribution in [0.25, 0.3) is 0 Å². The molecular weight excluding hydrogens is 288 g/mol. The lowest BCUT2D eigenvalue weighted by Gasteiger charge is -2.39.